The molecule has 0 unspecified atom stereocenters. The molecule has 5 heteroatoms. The molecule has 0 saturated carbocycles. The number of anilines is 1. The quantitative estimate of drug-likeness (QED) is 0.924. The summed E-state index contributed by atoms with van der Waals surface area (Å²) in [5.41, 5.74) is 4.96. The number of amides is 2. The molecule has 5 nitrogen and oxygen atoms in total. The van der Waals surface area contributed by atoms with Crippen LogP contribution in [0.2, 0.25) is 0 Å². The normalized spacial score (nSPS) is 17.6. The first-order chi connectivity index (χ1) is 12.8. The molecule has 1 aromatic carbocycles. The molecular weight excluding hydrogens is 324 g/mol. The number of rotatable bonds is 3. The van der Waals surface area contributed by atoms with Gasteiger partial charge in [-0.25, -0.2) is 4.79 Å². The van der Waals surface area contributed by atoms with Gasteiger partial charge < -0.3 is 10.2 Å². The molecule has 1 N–H and O–H groups in total. The van der Waals surface area contributed by atoms with E-state index in [0.717, 1.165) is 51.3 Å². The van der Waals surface area contributed by atoms with Gasteiger partial charge in [0, 0.05) is 50.8 Å². The first-order valence-electron chi connectivity index (χ1n) is 9.57. The fourth-order valence-electron chi connectivity index (χ4n) is 3.95. The number of fused-ring (bicyclic) bond motifs is 1. The van der Waals surface area contributed by atoms with Crippen LogP contribution < -0.4 is 5.32 Å². The minimum absolute atomic E-state index is 0.0324. The predicted molar refractivity (Wildman–Crippen MR) is 103 cm³/mol. The zero-order chi connectivity index (χ0) is 17.8. The fourth-order valence-corrected chi connectivity index (χ4v) is 3.95. The van der Waals surface area contributed by atoms with Crippen molar-refractivity contribution in [2.75, 3.05) is 31.5 Å². The van der Waals surface area contributed by atoms with E-state index in [2.05, 4.69) is 33.4 Å². The number of carbonyl (C=O) groups is 1. The first kappa shape index (κ1) is 17.0. The molecule has 0 radical (unpaired) electrons. The summed E-state index contributed by atoms with van der Waals surface area (Å²) in [6.45, 7) is 4.22. The SMILES string of the molecule is O=C(Nc1cccc2c1CCCC2)N1CCN(Cc2cccnc2)CC1. The second-order valence-electron chi connectivity index (χ2n) is 7.20. The highest BCUT2D eigenvalue weighted by atomic mass is 16.2. The molecule has 1 fully saturated rings. The van der Waals surface area contributed by atoms with E-state index in [9.17, 15) is 4.79 Å². The van der Waals surface area contributed by atoms with Crippen LogP contribution in [0.3, 0.4) is 0 Å². The van der Waals surface area contributed by atoms with E-state index < -0.39 is 0 Å². The average molecular weight is 350 g/mol. The number of nitrogens with zero attached hydrogens (tertiary/aromatic N) is 3. The number of aromatic nitrogens is 1. The van der Waals surface area contributed by atoms with Gasteiger partial charge in [0.15, 0.2) is 0 Å². The van der Waals surface area contributed by atoms with Crippen molar-refractivity contribution in [2.24, 2.45) is 0 Å². The fraction of sp³-hybridized carbons (Fsp3) is 0.429. The average Bonchev–Trinajstić information content (AvgIpc) is 2.70. The summed E-state index contributed by atoms with van der Waals surface area (Å²) in [6.07, 6.45) is 8.39. The van der Waals surface area contributed by atoms with Crippen molar-refractivity contribution in [3.05, 3.63) is 59.4 Å². The highest BCUT2D eigenvalue weighted by molar-refractivity contribution is 5.90. The number of hydrogen-bond donors (Lipinski definition) is 1. The molecule has 0 bridgehead atoms. The zero-order valence-electron chi connectivity index (χ0n) is 15.2. The molecule has 1 aromatic heterocycles. The lowest BCUT2D eigenvalue weighted by Gasteiger charge is -2.35. The van der Waals surface area contributed by atoms with Gasteiger partial charge >= 0.3 is 6.03 Å². The van der Waals surface area contributed by atoms with Crippen LogP contribution in [0.5, 0.6) is 0 Å². The standard InChI is InChI=1S/C21H26N4O/c26-21(23-20-9-3-7-18-6-1-2-8-19(18)20)25-13-11-24(12-14-25)16-17-5-4-10-22-15-17/h3-5,7,9-10,15H,1-2,6,8,11-14,16H2,(H,23,26). The van der Waals surface area contributed by atoms with E-state index in [-0.39, 0.29) is 6.03 Å². The van der Waals surface area contributed by atoms with Gasteiger partial charge in [-0.15, -0.1) is 0 Å². The van der Waals surface area contributed by atoms with E-state index in [1.165, 1.54) is 29.5 Å². The van der Waals surface area contributed by atoms with Crippen LogP contribution in [-0.2, 0) is 19.4 Å². The predicted octanol–water partition coefficient (Wildman–Crippen LogP) is 3.31. The molecular formula is C21H26N4O. The maximum absolute atomic E-state index is 12.7. The highest BCUT2D eigenvalue weighted by Crippen LogP contribution is 2.28. The molecule has 136 valence electrons. The lowest BCUT2D eigenvalue weighted by Crippen LogP contribution is -2.49. The molecule has 2 aromatic rings. The Morgan fingerprint density at radius 2 is 1.88 bits per heavy atom. The van der Waals surface area contributed by atoms with Gasteiger partial charge in [-0.05, 0) is 54.5 Å². The van der Waals surface area contributed by atoms with Crippen LogP contribution in [0, 0.1) is 0 Å². The molecule has 0 atom stereocenters. The maximum Gasteiger partial charge on any atom is 0.321 e. The van der Waals surface area contributed by atoms with E-state index in [0.29, 0.717) is 0 Å². The number of hydrogen-bond acceptors (Lipinski definition) is 3. The topological polar surface area (TPSA) is 48.5 Å². The van der Waals surface area contributed by atoms with E-state index >= 15 is 0 Å². The number of aryl methyl sites for hydroxylation is 1. The van der Waals surface area contributed by atoms with E-state index in [1.807, 2.05) is 23.2 Å². The molecule has 1 saturated heterocycles. The van der Waals surface area contributed by atoms with Crippen LogP contribution in [0.1, 0.15) is 29.5 Å². The molecule has 26 heavy (non-hydrogen) atoms. The lowest BCUT2D eigenvalue weighted by molar-refractivity contribution is 0.143. The number of urea groups is 1. The Hall–Kier alpha value is -2.40. The second-order valence-corrected chi connectivity index (χ2v) is 7.20. The van der Waals surface area contributed by atoms with Crippen molar-refractivity contribution in [1.82, 2.24) is 14.8 Å². The van der Waals surface area contributed by atoms with Crippen LogP contribution in [0.4, 0.5) is 10.5 Å². The van der Waals surface area contributed by atoms with Crippen molar-refractivity contribution in [2.45, 2.75) is 32.2 Å². The van der Waals surface area contributed by atoms with Crippen LogP contribution >= 0.6 is 0 Å². The monoisotopic (exact) mass is 350 g/mol. The van der Waals surface area contributed by atoms with Crippen molar-refractivity contribution >= 4 is 11.7 Å². The van der Waals surface area contributed by atoms with Gasteiger partial charge in [0.25, 0.3) is 0 Å². The highest BCUT2D eigenvalue weighted by Gasteiger charge is 2.22. The Balaban J connectivity index is 1.33. The van der Waals surface area contributed by atoms with Crippen LogP contribution in [0.15, 0.2) is 42.7 Å². The summed E-state index contributed by atoms with van der Waals surface area (Å²) in [6, 6.07) is 10.4. The second kappa shape index (κ2) is 7.87. The third kappa shape index (κ3) is 3.88. The number of pyridine rings is 1. The summed E-state index contributed by atoms with van der Waals surface area (Å²) in [4.78, 5) is 21.2. The molecule has 2 aliphatic rings. The Labute approximate surface area is 155 Å². The summed E-state index contributed by atoms with van der Waals surface area (Å²) in [5, 5.41) is 3.16. The van der Waals surface area contributed by atoms with Gasteiger partial charge in [-0.3, -0.25) is 9.88 Å². The van der Waals surface area contributed by atoms with Gasteiger partial charge in [-0.1, -0.05) is 18.2 Å². The zero-order valence-corrected chi connectivity index (χ0v) is 15.2. The Bertz CT molecular complexity index is 754. The summed E-state index contributed by atoms with van der Waals surface area (Å²) in [7, 11) is 0. The smallest absolute Gasteiger partial charge is 0.321 e. The lowest BCUT2D eigenvalue weighted by atomic mass is 9.90. The molecule has 2 amide bonds. The number of piperazine rings is 1. The van der Waals surface area contributed by atoms with Crippen molar-refractivity contribution in [3.8, 4) is 0 Å². The van der Waals surface area contributed by atoms with Gasteiger partial charge in [0.1, 0.15) is 0 Å². The number of benzene rings is 1. The van der Waals surface area contributed by atoms with Crippen molar-refractivity contribution in [1.29, 1.82) is 0 Å². The Morgan fingerprint density at radius 3 is 2.69 bits per heavy atom. The van der Waals surface area contributed by atoms with Crippen LogP contribution in [0.25, 0.3) is 0 Å². The largest absolute Gasteiger partial charge is 0.322 e. The van der Waals surface area contributed by atoms with Gasteiger partial charge in [0.05, 0.1) is 0 Å². The first-order valence-corrected chi connectivity index (χ1v) is 9.57. The summed E-state index contributed by atoms with van der Waals surface area (Å²) >= 11 is 0. The molecule has 1 aliphatic heterocycles. The summed E-state index contributed by atoms with van der Waals surface area (Å²) < 4.78 is 0. The third-order valence-electron chi connectivity index (χ3n) is 5.43. The van der Waals surface area contributed by atoms with Gasteiger partial charge in [-0.2, -0.15) is 0 Å². The molecule has 1 aliphatic carbocycles. The molecule has 4 rings (SSSR count). The molecule has 0 spiro atoms. The maximum atomic E-state index is 12.7. The molecule has 2 heterocycles. The minimum Gasteiger partial charge on any atom is -0.322 e. The number of carbonyl (C=O) groups excluding carboxylic acids is 1. The van der Waals surface area contributed by atoms with E-state index in [1.54, 1.807) is 6.20 Å². The number of nitrogens with one attached hydrogen (secondary N) is 1. The van der Waals surface area contributed by atoms with Crippen molar-refractivity contribution in [3.63, 3.8) is 0 Å². The summed E-state index contributed by atoms with van der Waals surface area (Å²) in [5.74, 6) is 0. The minimum atomic E-state index is 0.0324. The van der Waals surface area contributed by atoms with Crippen molar-refractivity contribution < 1.29 is 4.79 Å². The van der Waals surface area contributed by atoms with Crippen LogP contribution in [-0.4, -0.2) is 47.0 Å². The van der Waals surface area contributed by atoms with Gasteiger partial charge in [0.2, 0.25) is 0 Å². The Morgan fingerprint density at radius 1 is 1.04 bits per heavy atom. The van der Waals surface area contributed by atoms with E-state index in [4.69, 9.17) is 0 Å². The Kier molecular flexibility index (Phi) is 5.16. The third-order valence-corrected chi connectivity index (χ3v) is 5.43.